The Bertz CT molecular complexity index is 799. The molecule has 1 aliphatic heterocycles. The number of benzene rings is 1. The Balaban J connectivity index is 1.64. The van der Waals surface area contributed by atoms with E-state index in [0.29, 0.717) is 17.7 Å². The van der Waals surface area contributed by atoms with Gasteiger partial charge in [-0.3, -0.25) is 19.3 Å². The minimum atomic E-state index is -0.925. The second-order valence-electron chi connectivity index (χ2n) is 8.16. The fourth-order valence-corrected chi connectivity index (χ4v) is 4.24. The fraction of sp³-hybridized carbons (Fsp3) is 0.545. The van der Waals surface area contributed by atoms with Gasteiger partial charge in [0.1, 0.15) is 5.54 Å². The molecular weight excluding hydrogens is 370 g/mol. The van der Waals surface area contributed by atoms with E-state index >= 15 is 0 Å². The van der Waals surface area contributed by atoms with E-state index in [1.165, 1.54) is 0 Å². The molecule has 2 fully saturated rings. The Morgan fingerprint density at radius 2 is 1.79 bits per heavy atom. The maximum atomic E-state index is 13.0. The zero-order valence-electron chi connectivity index (χ0n) is 17.1. The van der Waals surface area contributed by atoms with E-state index in [-0.39, 0.29) is 30.1 Å². The Morgan fingerprint density at radius 1 is 1.14 bits per heavy atom. The van der Waals surface area contributed by atoms with E-state index in [4.69, 9.17) is 0 Å². The Labute approximate surface area is 171 Å². The molecule has 1 heterocycles. The SMILES string of the molecule is CCCC(=O)Nc1ccc(C(=O)CN2C(=O)N[C@@](C)(C3CCCCC3)C2=O)cc1. The molecule has 1 atom stereocenters. The van der Waals surface area contributed by atoms with Gasteiger partial charge in [0.25, 0.3) is 5.91 Å². The molecular formula is C22H29N3O4. The second kappa shape index (κ2) is 8.76. The van der Waals surface area contributed by atoms with Gasteiger partial charge >= 0.3 is 6.03 Å². The molecule has 2 aliphatic rings. The van der Waals surface area contributed by atoms with Crippen LogP contribution in [0.3, 0.4) is 0 Å². The van der Waals surface area contributed by atoms with E-state index < -0.39 is 11.6 Å². The van der Waals surface area contributed by atoms with Crippen LogP contribution >= 0.6 is 0 Å². The first-order valence-electron chi connectivity index (χ1n) is 10.4. The number of rotatable bonds is 7. The summed E-state index contributed by atoms with van der Waals surface area (Å²) in [7, 11) is 0. The van der Waals surface area contributed by atoms with Crippen molar-refractivity contribution < 1.29 is 19.2 Å². The minimum Gasteiger partial charge on any atom is -0.326 e. The average molecular weight is 399 g/mol. The number of urea groups is 1. The molecule has 1 aliphatic carbocycles. The first-order chi connectivity index (χ1) is 13.8. The number of imide groups is 1. The molecule has 1 aromatic rings. The molecule has 0 aromatic heterocycles. The van der Waals surface area contributed by atoms with Crippen LogP contribution < -0.4 is 10.6 Å². The predicted octanol–water partition coefficient (Wildman–Crippen LogP) is 3.50. The molecule has 3 rings (SSSR count). The number of hydrogen-bond acceptors (Lipinski definition) is 4. The summed E-state index contributed by atoms with van der Waals surface area (Å²) in [5.41, 5.74) is 0.0794. The van der Waals surface area contributed by atoms with Crippen LogP contribution in [0.25, 0.3) is 0 Å². The molecule has 7 heteroatoms. The average Bonchev–Trinajstić information content (AvgIpc) is 2.93. The van der Waals surface area contributed by atoms with Gasteiger partial charge < -0.3 is 10.6 Å². The lowest BCUT2D eigenvalue weighted by molar-refractivity contribution is -0.132. The van der Waals surface area contributed by atoms with Gasteiger partial charge in [0, 0.05) is 17.7 Å². The molecule has 156 valence electrons. The van der Waals surface area contributed by atoms with Gasteiger partial charge in [-0.15, -0.1) is 0 Å². The summed E-state index contributed by atoms with van der Waals surface area (Å²) in [6, 6.07) is 6.00. The first kappa shape index (κ1) is 21.0. The van der Waals surface area contributed by atoms with Gasteiger partial charge in [0.2, 0.25) is 5.91 Å². The molecule has 0 unspecified atom stereocenters. The van der Waals surface area contributed by atoms with Crippen LogP contribution in [0.15, 0.2) is 24.3 Å². The Hall–Kier alpha value is -2.70. The Morgan fingerprint density at radius 3 is 2.41 bits per heavy atom. The van der Waals surface area contributed by atoms with Gasteiger partial charge in [-0.1, -0.05) is 26.2 Å². The molecule has 0 spiro atoms. The van der Waals surface area contributed by atoms with Crippen molar-refractivity contribution in [3.8, 4) is 0 Å². The summed E-state index contributed by atoms with van der Waals surface area (Å²) in [6.07, 6.45) is 6.30. The fourth-order valence-electron chi connectivity index (χ4n) is 4.24. The lowest BCUT2D eigenvalue weighted by Crippen LogP contribution is -2.51. The highest BCUT2D eigenvalue weighted by atomic mass is 16.2. The van der Waals surface area contributed by atoms with E-state index in [2.05, 4.69) is 10.6 Å². The van der Waals surface area contributed by atoms with Crippen molar-refractivity contribution in [3.63, 3.8) is 0 Å². The van der Waals surface area contributed by atoms with Crippen LogP contribution in [0.5, 0.6) is 0 Å². The summed E-state index contributed by atoms with van der Waals surface area (Å²) in [6.45, 7) is 3.42. The van der Waals surface area contributed by atoms with Crippen molar-refractivity contribution in [2.45, 2.75) is 64.3 Å². The van der Waals surface area contributed by atoms with Crippen LogP contribution in [-0.2, 0) is 9.59 Å². The monoisotopic (exact) mass is 399 g/mol. The molecule has 2 N–H and O–H groups in total. The number of hydrogen-bond donors (Lipinski definition) is 2. The molecule has 4 amide bonds. The van der Waals surface area contributed by atoms with Crippen molar-refractivity contribution >= 4 is 29.3 Å². The van der Waals surface area contributed by atoms with Crippen LogP contribution in [0, 0.1) is 5.92 Å². The van der Waals surface area contributed by atoms with Gasteiger partial charge in [0.15, 0.2) is 5.78 Å². The van der Waals surface area contributed by atoms with Gasteiger partial charge in [-0.25, -0.2) is 4.79 Å². The molecule has 1 aromatic carbocycles. The van der Waals surface area contributed by atoms with Crippen LogP contribution in [-0.4, -0.2) is 40.6 Å². The van der Waals surface area contributed by atoms with Crippen molar-refractivity contribution in [1.82, 2.24) is 10.2 Å². The highest BCUT2D eigenvalue weighted by Gasteiger charge is 2.52. The zero-order valence-corrected chi connectivity index (χ0v) is 17.1. The summed E-state index contributed by atoms with van der Waals surface area (Å²) < 4.78 is 0. The number of Topliss-reactive ketones (excluding diaryl/α,β-unsaturated/α-hetero) is 1. The number of anilines is 1. The number of carbonyl (C=O) groups is 4. The lowest BCUT2D eigenvalue weighted by atomic mass is 9.75. The van der Waals surface area contributed by atoms with Gasteiger partial charge in [-0.05, 0) is 56.4 Å². The van der Waals surface area contributed by atoms with E-state index in [0.717, 1.165) is 43.4 Å². The molecule has 1 saturated carbocycles. The summed E-state index contributed by atoms with van der Waals surface area (Å²) in [4.78, 5) is 50.8. The second-order valence-corrected chi connectivity index (χ2v) is 8.16. The number of nitrogens with one attached hydrogen (secondary N) is 2. The molecule has 0 radical (unpaired) electrons. The quantitative estimate of drug-likeness (QED) is 0.542. The van der Waals surface area contributed by atoms with Crippen LogP contribution in [0.2, 0.25) is 0 Å². The number of amides is 4. The van der Waals surface area contributed by atoms with Crippen molar-refractivity contribution in [2.24, 2.45) is 5.92 Å². The summed E-state index contributed by atoms with van der Waals surface area (Å²) in [5, 5.41) is 5.60. The van der Waals surface area contributed by atoms with E-state index in [9.17, 15) is 19.2 Å². The van der Waals surface area contributed by atoms with Crippen molar-refractivity contribution in [2.75, 3.05) is 11.9 Å². The predicted molar refractivity (Wildman–Crippen MR) is 110 cm³/mol. The third-order valence-corrected chi connectivity index (χ3v) is 5.99. The minimum absolute atomic E-state index is 0.0760. The lowest BCUT2D eigenvalue weighted by Gasteiger charge is -2.34. The molecule has 7 nitrogen and oxygen atoms in total. The molecule has 29 heavy (non-hydrogen) atoms. The van der Waals surface area contributed by atoms with Gasteiger partial charge in [-0.2, -0.15) is 0 Å². The molecule has 1 saturated heterocycles. The highest BCUT2D eigenvalue weighted by Crippen LogP contribution is 2.36. The number of carbonyl (C=O) groups excluding carboxylic acids is 4. The standard InChI is InChI=1S/C22H29N3O4/c1-3-7-19(27)23-17-12-10-15(11-13-17)18(26)14-25-20(28)22(2,24-21(25)29)16-8-5-4-6-9-16/h10-13,16H,3-9,14H2,1-2H3,(H,23,27)(H,24,29)/t22-/m0/s1. The Kier molecular flexibility index (Phi) is 6.35. The van der Waals surface area contributed by atoms with Gasteiger partial charge in [0.05, 0.1) is 6.54 Å². The smallest absolute Gasteiger partial charge is 0.325 e. The molecule has 0 bridgehead atoms. The third-order valence-electron chi connectivity index (χ3n) is 5.99. The largest absolute Gasteiger partial charge is 0.326 e. The van der Waals surface area contributed by atoms with Crippen molar-refractivity contribution in [3.05, 3.63) is 29.8 Å². The summed E-state index contributed by atoms with van der Waals surface area (Å²) in [5.74, 6) is -0.592. The normalized spacial score (nSPS) is 22.5. The maximum absolute atomic E-state index is 13.0. The van der Waals surface area contributed by atoms with E-state index in [1.54, 1.807) is 31.2 Å². The summed E-state index contributed by atoms with van der Waals surface area (Å²) >= 11 is 0. The first-order valence-corrected chi connectivity index (χ1v) is 10.4. The number of nitrogens with zero attached hydrogens (tertiary/aromatic N) is 1. The van der Waals surface area contributed by atoms with Crippen LogP contribution in [0.4, 0.5) is 10.5 Å². The topological polar surface area (TPSA) is 95.6 Å². The third kappa shape index (κ3) is 4.49. The van der Waals surface area contributed by atoms with Crippen LogP contribution in [0.1, 0.15) is 69.2 Å². The van der Waals surface area contributed by atoms with Crippen molar-refractivity contribution in [1.29, 1.82) is 0 Å². The zero-order chi connectivity index (χ0) is 21.0. The highest BCUT2D eigenvalue weighted by molar-refractivity contribution is 6.11. The number of ketones is 1. The maximum Gasteiger partial charge on any atom is 0.325 e. The van der Waals surface area contributed by atoms with E-state index in [1.807, 2.05) is 6.92 Å².